The number of esters is 1. The Morgan fingerprint density at radius 2 is 0.925 bits per heavy atom. The third-order valence-electron chi connectivity index (χ3n) is 4.82. The molecular formula is C27H44O12S. The first-order chi connectivity index (χ1) is 19.3. The van der Waals surface area contributed by atoms with E-state index in [0.717, 1.165) is 5.56 Å². The van der Waals surface area contributed by atoms with Crippen LogP contribution in [0.15, 0.2) is 41.3 Å². The highest BCUT2D eigenvalue weighted by Gasteiger charge is 2.14. The lowest BCUT2D eigenvalue weighted by Gasteiger charge is -2.09. The third kappa shape index (κ3) is 20.0. The molecule has 40 heavy (non-hydrogen) atoms. The Labute approximate surface area is 237 Å². The largest absolute Gasteiger partial charge is 0.460 e. The van der Waals surface area contributed by atoms with E-state index in [1.165, 1.54) is 12.1 Å². The molecule has 0 aromatic heterocycles. The maximum atomic E-state index is 12.0. The third-order valence-corrected chi connectivity index (χ3v) is 6.14. The van der Waals surface area contributed by atoms with Gasteiger partial charge in [0, 0.05) is 5.57 Å². The van der Waals surface area contributed by atoms with Crippen LogP contribution in [0.2, 0.25) is 0 Å². The van der Waals surface area contributed by atoms with Crippen LogP contribution in [0.1, 0.15) is 12.5 Å². The Kier molecular flexibility index (Phi) is 21.4. The summed E-state index contributed by atoms with van der Waals surface area (Å²) in [6, 6.07) is 6.46. The van der Waals surface area contributed by atoms with Crippen LogP contribution < -0.4 is 0 Å². The highest BCUT2D eigenvalue weighted by molar-refractivity contribution is 7.86. The Morgan fingerprint density at radius 1 is 0.600 bits per heavy atom. The van der Waals surface area contributed by atoms with Gasteiger partial charge in [-0.2, -0.15) is 8.42 Å². The van der Waals surface area contributed by atoms with Gasteiger partial charge in [0.15, 0.2) is 0 Å². The van der Waals surface area contributed by atoms with Gasteiger partial charge in [0.1, 0.15) is 6.61 Å². The summed E-state index contributed by atoms with van der Waals surface area (Å²) in [5.41, 5.74) is 1.33. The van der Waals surface area contributed by atoms with E-state index in [-0.39, 0.29) is 24.7 Å². The van der Waals surface area contributed by atoms with Crippen molar-refractivity contribution in [1.82, 2.24) is 0 Å². The molecule has 230 valence electrons. The van der Waals surface area contributed by atoms with Crippen molar-refractivity contribution < 1.29 is 55.3 Å². The molecule has 0 aliphatic heterocycles. The number of benzene rings is 1. The smallest absolute Gasteiger partial charge is 0.333 e. The normalized spacial score (nSPS) is 11.6. The lowest BCUT2D eigenvalue weighted by atomic mass is 10.2. The molecule has 0 atom stereocenters. The van der Waals surface area contributed by atoms with Gasteiger partial charge in [-0.15, -0.1) is 0 Å². The molecule has 1 rings (SSSR count). The molecule has 0 fully saturated rings. The molecular weight excluding hydrogens is 548 g/mol. The summed E-state index contributed by atoms with van der Waals surface area (Å²) in [6.07, 6.45) is 0. The molecule has 0 heterocycles. The maximum Gasteiger partial charge on any atom is 0.333 e. The van der Waals surface area contributed by atoms with Crippen molar-refractivity contribution >= 4 is 16.1 Å². The zero-order valence-corrected chi connectivity index (χ0v) is 24.5. The predicted octanol–water partition coefficient (Wildman–Crippen LogP) is 1.94. The summed E-state index contributed by atoms with van der Waals surface area (Å²) < 4.78 is 71.6. The van der Waals surface area contributed by atoms with E-state index in [9.17, 15) is 13.2 Å². The fourth-order valence-corrected chi connectivity index (χ4v) is 3.61. The summed E-state index contributed by atoms with van der Waals surface area (Å²) in [4.78, 5) is 11.3. The van der Waals surface area contributed by atoms with Crippen LogP contribution in [-0.4, -0.2) is 120 Å². The lowest BCUT2D eigenvalue weighted by Crippen LogP contribution is -2.16. The topological polar surface area (TPSA) is 134 Å². The minimum absolute atomic E-state index is 0.0629. The number of hydrogen-bond donors (Lipinski definition) is 0. The van der Waals surface area contributed by atoms with Gasteiger partial charge < -0.3 is 37.9 Å². The van der Waals surface area contributed by atoms with Crippen molar-refractivity contribution in [1.29, 1.82) is 0 Å². The summed E-state index contributed by atoms with van der Waals surface area (Å²) in [5, 5.41) is 0. The number of aryl methyl sites for hydroxylation is 1. The summed E-state index contributed by atoms with van der Waals surface area (Å²) >= 11 is 0. The average molecular weight is 593 g/mol. The van der Waals surface area contributed by atoms with Crippen LogP contribution >= 0.6 is 0 Å². The second-order valence-corrected chi connectivity index (χ2v) is 9.91. The highest BCUT2D eigenvalue weighted by atomic mass is 32.2. The zero-order valence-electron chi connectivity index (χ0n) is 23.6. The molecule has 0 aliphatic rings. The minimum Gasteiger partial charge on any atom is -0.460 e. The van der Waals surface area contributed by atoms with Gasteiger partial charge in [0.2, 0.25) is 0 Å². The summed E-state index contributed by atoms with van der Waals surface area (Å²) in [5.74, 6) is -0.422. The van der Waals surface area contributed by atoms with E-state index in [0.29, 0.717) is 91.5 Å². The molecule has 0 spiro atoms. The van der Waals surface area contributed by atoms with Crippen LogP contribution in [0, 0.1) is 6.92 Å². The Bertz CT molecular complexity index is 889. The van der Waals surface area contributed by atoms with Crippen molar-refractivity contribution in [2.45, 2.75) is 18.7 Å². The van der Waals surface area contributed by atoms with Crippen LogP contribution in [0.4, 0.5) is 0 Å². The van der Waals surface area contributed by atoms with E-state index in [1.807, 2.05) is 6.92 Å². The number of ether oxygens (including phenoxy) is 8. The van der Waals surface area contributed by atoms with Crippen molar-refractivity contribution in [3.05, 3.63) is 42.0 Å². The van der Waals surface area contributed by atoms with E-state index in [1.54, 1.807) is 19.1 Å². The number of hydrogen-bond acceptors (Lipinski definition) is 12. The highest BCUT2D eigenvalue weighted by Crippen LogP contribution is 2.12. The first kappa shape index (κ1) is 36.1. The monoisotopic (exact) mass is 592 g/mol. The number of carbonyl (C=O) groups excluding carboxylic acids is 1. The van der Waals surface area contributed by atoms with Crippen molar-refractivity contribution in [3.63, 3.8) is 0 Å². The van der Waals surface area contributed by atoms with Gasteiger partial charge >= 0.3 is 5.97 Å². The Morgan fingerprint density at radius 3 is 1.27 bits per heavy atom. The van der Waals surface area contributed by atoms with Gasteiger partial charge in [0.25, 0.3) is 10.1 Å². The molecule has 0 saturated carbocycles. The first-order valence-electron chi connectivity index (χ1n) is 13.2. The van der Waals surface area contributed by atoms with Crippen LogP contribution in [0.5, 0.6) is 0 Å². The maximum absolute atomic E-state index is 12.0. The summed E-state index contributed by atoms with van der Waals surface area (Å²) in [7, 11) is -3.77. The van der Waals surface area contributed by atoms with E-state index >= 15 is 0 Å². The number of rotatable bonds is 27. The standard InChI is InChI=1S/C27H44O12S/c1-24(2)27(28)38-22-20-36-18-16-34-14-12-32-10-8-31-9-11-33-13-15-35-17-19-37-21-23-39-40(29,30)26-6-4-25(3)5-7-26/h4-7H,1,8-23H2,2-3H3. The van der Waals surface area contributed by atoms with Crippen LogP contribution in [-0.2, 0) is 57.0 Å². The van der Waals surface area contributed by atoms with Gasteiger partial charge in [-0.05, 0) is 26.0 Å². The minimum atomic E-state index is -3.77. The molecule has 0 bridgehead atoms. The first-order valence-corrected chi connectivity index (χ1v) is 14.6. The van der Waals surface area contributed by atoms with E-state index in [4.69, 9.17) is 42.1 Å². The average Bonchev–Trinajstić information content (AvgIpc) is 2.93. The molecule has 0 aliphatic carbocycles. The predicted molar refractivity (Wildman–Crippen MR) is 146 cm³/mol. The van der Waals surface area contributed by atoms with Crippen molar-refractivity contribution in [2.24, 2.45) is 0 Å². The molecule has 1 aromatic carbocycles. The van der Waals surface area contributed by atoms with E-state index < -0.39 is 16.1 Å². The molecule has 1 aromatic rings. The van der Waals surface area contributed by atoms with Gasteiger partial charge in [0.05, 0.1) is 104 Å². The SMILES string of the molecule is C=C(C)C(=O)OCCOCCOCCOCCOCCOCCOCCOCCOS(=O)(=O)c1ccc(C)cc1. The van der Waals surface area contributed by atoms with E-state index in [2.05, 4.69) is 6.58 Å². The molecule has 0 N–H and O–H groups in total. The lowest BCUT2D eigenvalue weighted by molar-refractivity contribution is -0.140. The molecule has 0 amide bonds. The second-order valence-electron chi connectivity index (χ2n) is 8.29. The van der Waals surface area contributed by atoms with Gasteiger partial charge in [-0.25, -0.2) is 4.79 Å². The number of carbonyl (C=O) groups is 1. The fourth-order valence-electron chi connectivity index (χ4n) is 2.71. The fraction of sp³-hybridized carbons (Fsp3) is 0.667. The van der Waals surface area contributed by atoms with Crippen LogP contribution in [0.25, 0.3) is 0 Å². The Hall–Kier alpha value is -1.94. The zero-order chi connectivity index (χ0) is 29.3. The molecule has 0 unspecified atom stereocenters. The Balaban J connectivity index is 1.74. The summed E-state index contributed by atoms with van der Waals surface area (Å²) in [6.45, 7) is 12.6. The van der Waals surface area contributed by atoms with Gasteiger partial charge in [-0.3, -0.25) is 4.18 Å². The molecule has 0 saturated heterocycles. The second kappa shape index (κ2) is 23.7. The van der Waals surface area contributed by atoms with Crippen molar-refractivity contribution in [3.8, 4) is 0 Å². The van der Waals surface area contributed by atoms with Gasteiger partial charge in [-0.1, -0.05) is 24.3 Å². The molecule has 12 nitrogen and oxygen atoms in total. The molecule has 13 heteroatoms. The van der Waals surface area contributed by atoms with Crippen molar-refractivity contribution in [2.75, 3.05) is 106 Å². The molecule has 0 radical (unpaired) electrons. The quantitative estimate of drug-likeness (QED) is 0.0639. The van der Waals surface area contributed by atoms with Crippen LogP contribution in [0.3, 0.4) is 0 Å².